The van der Waals surface area contributed by atoms with Crippen molar-refractivity contribution < 1.29 is 4.79 Å². The number of anilines is 1. The summed E-state index contributed by atoms with van der Waals surface area (Å²) in [5.41, 5.74) is 6.08. The van der Waals surface area contributed by atoms with Gasteiger partial charge in [-0.15, -0.1) is 0 Å². The van der Waals surface area contributed by atoms with E-state index in [-0.39, 0.29) is 23.8 Å². The maximum Gasteiger partial charge on any atom is 0.227 e. The van der Waals surface area contributed by atoms with Gasteiger partial charge in [0.05, 0.1) is 29.1 Å². The van der Waals surface area contributed by atoms with Gasteiger partial charge in [-0.1, -0.05) is 24.3 Å². The number of fused-ring (bicyclic) bond motifs is 1. The smallest absolute Gasteiger partial charge is 0.227 e. The zero-order valence-electron chi connectivity index (χ0n) is 22.8. The molecule has 0 bridgehead atoms. The largest absolute Gasteiger partial charge is 0.366 e. The van der Waals surface area contributed by atoms with Gasteiger partial charge in [0, 0.05) is 49.7 Å². The first-order chi connectivity index (χ1) is 18.4. The fourth-order valence-corrected chi connectivity index (χ4v) is 6.45. The number of hydrogen-bond acceptors (Lipinski definition) is 5. The molecule has 3 aromatic rings. The molecule has 4 heterocycles. The van der Waals surface area contributed by atoms with Crippen molar-refractivity contribution in [1.82, 2.24) is 19.4 Å². The van der Waals surface area contributed by atoms with Gasteiger partial charge in [-0.25, -0.2) is 4.52 Å². The normalized spacial score (nSPS) is 24.7. The first kappa shape index (κ1) is 24.9. The molecule has 198 valence electrons. The molecule has 3 atom stereocenters. The minimum absolute atomic E-state index is 0.0846. The Hall–Kier alpha value is -3.37. The Labute approximate surface area is 225 Å². The number of hydrogen-bond donors (Lipinski definition) is 0. The van der Waals surface area contributed by atoms with Crippen LogP contribution in [0.15, 0.2) is 48.8 Å². The summed E-state index contributed by atoms with van der Waals surface area (Å²) in [5.74, 6) is 0.633. The molecule has 1 aromatic carbocycles. The van der Waals surface area contributed by atoms with Crippen LogP contribution in [0.25, 0.3) is 16.6 Å². The van der Waals surface area contributed by atoms with E-state index in [9.17, 15) is 4.79 Å². The molecule has 2 aliphatic heterocycles. The second kappa shape index (κ2) is 10.1. The van der Waals surface area contributed by atoms with E-state index in [1.54, 1.807) is 0 Å². The molecule has 0 spiro atoms. The van der Waals surface area contributed by atoms with Crippen LogP contribution in [-0.4, -0.2) is 70.1 Å². The van der Waals surface area contributed by atoms with Gasteiger partial charge in [0.1, 0.15) is 0 Å². The second-order valence-electron chi connectivity index (χ2n) is 11.7. The number of nitriles is 1. The number of likely N-dealkylation sites (tertiary alicyclic amines) is 1. The third-order valence-corrected chi connectivity index (χ3v) is 8.99. The van der Waals surface area contributed by atoms with Crippen LogP contribution in [0, 0.1) is 23.2 Å². The van der Waals surface area contributed by atoms with Gasteiger partial charge in [-0.2, -0.15) is 10.4 Å². The summed E-state index contributed by atoms with van der Waals surface area (Å²) in [6, 6.07) is 16.5. The van der Waals surface area contributed by atoms with Crippen LogP contribution in [0.3, 0.4) is 0 Å². The van der Waals surface area contributed by atoms with Crippen LogP contribution < -0.4 is 4.90 Å². The van der Waals surface area contributed by atoms with E-state index >= 15 is 0 Å². The summed E-state index contributed by atoms with van der Waals surface area (Å²) in [5, 5.41) is 13.7. The molecule has 3 aliphatic rings. The van der Waals surface area contributed by atoms with E-state index in [1.165, 1.54) is 42.6 Å². The zero-order chi connectivity index (χ0) is 26.4. The highest BCUT2D eigenvalue weighted by molar-refractivity contribution is 5.84. The van der Waals surface area contributed by atoms with Crippen molar-refractivity contribution in [1.29, 1.82) is 5.26 Å². The average molecular weight is 511 g/mol. The van der Waals surface area contributed by atoms with E-state index in [2.05, 4.69) is 84.3 Å². The zero-order valence-corrected chi connectivity index (χ0v) is 22.8. The number of piperazine rings is 1. The van der Waals surface area contributed by atoms with Crippen LogP contribution in [0.1, 0.15) is 51.5 Å². The summed E-state index contributed by atoms with van der Waals surface area (Å²) in [4.78, 5) is 19.8. The fourth-order valence-electron chi connectivity index (χ4n) is 6.45. The monoisotopic (exact) mass is 510 g/mol. The lowest BCUT2D eigenvalue weighted by molar-refractivity contribution is -0.135. The second-order valence-corrected chi connectivity index (χ2v) is 11.7. The first-order valence-electron chi connectivity index (χ1n) is 14.2. The third-order valence-electron chi connectivity index (χ3n) is 8.99. The number of nitrogens with zero attached hydrogens (tertiary/aromatic N) is 6. The van der Waals surface area contributed by atoms with Gasteiger partial charge in [0.2, 0.25) is 5.91 Å². The molecule has 7 nitrogen and oxygen atoms in total. The average Bonchev–Trinajstić information content (AvgIpc) is 3.61. The highest BCUT2D eigenvalue weighted by Gasteiger charge is 2.46. The van der Waals surface area contributed by atoms with Crippen molar-refractivity contribution >= 4 is 17.1 Å². The highest BCUT2D eigenvalue weighted by Crippen LogP contribution is 2.40. The van der Waals surface area contributed by atoms with Crippen LogP contribution in [0.4, 0.5) is 5.69 Å². The number of benzene rings is 1. The van der Waals surface area contributed by atoms with Gasteiger partial charge in [-0.05, 0) is 82.3 Å². The van der Waals surface area contributed by atoms with Crippen molar-refractivity contribution in [2.75, 3.05) is 37.6 Å². The van der Waals surface area contributed by atoms with Crippen LogP contribution in [0.5, 0.6) is 0 Å². The van der Waals surface area contributed by atoms with E-state index in [0.717, 1.165) is 30.7 Å². The van der Waals surface area contributed by atoms with Crippen molar-refractivity contribution in [2.24, 2.45) is 11.8 Å². The molecule has 2 aromatic heterocycles. The van der Waals surface area contributed by atoms with Crippen LogP contribution >= 0.6 is 0 Å². The van der Waals surface area contributed by atoms with Crippen molar-refractivity contribution in [3.05, 3.63) is 54.4 Å². The van der Waals surface area contributed by atoms with Gasteiger partial charge in [0.25, 0.3) is 0 Å². The Bertz CT molecular complexity index is 1350. The number of rotatable bonds is 5. The lowest BCUT2D eigenvalue weighted by atomic mass is 9.88. The molecule has 7 heteroatoms. The SMILES string of the molecule is CC(C)N1CCC(c2ccc(-c3cc4c(N5CCN(C(=O)[C@H]6C[C@@H]6C#N)[C@H](C)C5)ccnn4c3)cc2)CC1. The molecular weight excluding hydrogens is 472 g/mol. The molecule has 0 radical (unpaired) electrons. The summed E-state index contributed by atoms with van der Waals surface area (Å²) in [6.07, 6.45) is 7.17. The molecule has 38 heavy (non-hydrogen) atoms. The van der Waals surface area contributed by atoms with E-state index in [4.69, 9.17) is 5.26 Å². The Kier molecular flexibility index (Phi) is 6.61. The highest BCUT2D eigenvalue weighted by atomic mass is 16.2. The first-order valence-corrected chi connectivity index (χ1v) is 14.2. The number of amides is 1. The molecule has 6 rings (SSSR count). The molecular formula is C31H38N6O. The van der Waals surface area contributed by atoms with E-state index < -0.39 is 0 Å². The summed E-state index contributed by atoms with van der Waals surface area (Å²) in [7, 11) is 0. The summed E-state index contributed by atoms with van der Waals surface area (Å²) in [6.45, 7) is 11.3. The topological polar surface area (TPSA) is 67.9 Å². The van der Waals surface area contributed by atoms with Gasteiger partial charge >= 0.3 is 0 Å². The predicted octanol–water partition coefficient (Wildman–Crippen LogP) is 4.79. The lowest BCUT2D eigenvalue weighted by Crippen LogP contribution is -2.54. The maximum absolute atomic E-state index is 12.9. The molecule has 0 N–H and O–H groups in total. The predicted molar refractivity (Wildman–Crippen MR) is 150 cm³/mol. The molecule has 1 amide bonds. The maximum atomic E-state index is 12.9. The fraction of sp³-hybridized carbons (Fsp3) is 0.516. The van der Waals surface area contributed by atoms with Gasteiger partial charge in [-0.3, -0.25) is 4.79 Å². The molecule has 1 aliphatic carbocycles. The number of piperidine rings is 1. The Morgan fingerprint density at radius 2 is 1.82 bits per heavy atom. The van der Waals surface area contributed by atoms with Crippen molar-refractivity contribution in [3.63, 3.8) is 0 Å². The Balaban J connectivity index is 1.16. The van der Waals surface area contributed by atoms with Crippen LogP contribution in [0.2, 0.25) is 0 Å². The van der Waals surface area contributed by atoms with Crippen molar-refractivity contribution in [2.45, 2.75) is 58.0 Å². The molecule has 3 fully saturated rings. The number of carbonyl (C=O) groups excluding carboxylic acids is 1. The lowest BCUT2D eigenvalue weighted by Gasteiger charge is -2.41. The minimum Gasteiger partial charge on any atom is -0.366 e. The van der Waals surface area contributed by atoms with Crippen LogP contribution in [-0.2, 0) is 4.79 Å². The minimum atomic E-state index is -0.0888. The molecule has 0 unspecified atom stereocenters. The van der Waals surface area contributed by atoms with Gasteiger partial charge < -0.3 is 14.7 Å². The quantitative estimate of drug-likeness (QED) is 0.494. The Morgan fingerprint density at radius 3 is 2.47 bits per heavy atom. The Morgan fingerprint density at radius 1 is 1.05 bits per heavy atom. The number of carbonyl (C=O) groups is 1. The summed E-state index contributed by atoms with van der Waals surface area (Å²) < 4.78 is 1.98. The summed E-state index contributed by atoms with van der Waals surface area (Å²) >= 11 is 0. The number of aromatic nitrogens is 2. The van der Waals surface area contributed by atoms with E-state index in [1.807, 2.05) is 15.6 Å². The standard InChI is InChI=1S/C31H38N6O/c1-21(2)34-12-9-25(10-13-34)23-4-6-24(7-5-23)27-17-30-29(8-11-33-37(30)20-27)35-14-15-36(22(3)19-35)31(38)28-16-26(28)18-32/h4-8,11,17,20-22,25-26,28H,9-10,12-16,19H2,1-3H3/t22-,26-,28+/m1/s1. The third kappa shape index (κ3) is 4.67. The van der Waals surface area contributed by atoms with Gasteiger partial charge in [0.15, 0.2) is 0 Å². The molecule has 2 saturated heterocycles. The van der Waals surface area contributed by atoms with E-state index in [0.29, 0.717) is 18.5 Å². The van der Waals surface area contributed by atoms with Crippen molar-refractivity contribution in [3.8, 4) is 17.2 Å². The molecule has 1 saturated carbocycles.